The van der Waals surface area contributed by atoms with Crippen LogP contribution in [0.5, 0.6) is 0 Å². The standard InChI is InChI=1S/C13H14FN3O2S/c1-7(2)17-12(19)15-16-13(17)20-11-5-4-9(14)6-10(11)8(3)18/h4-7H,1-3H3,(H,15,19). The van der Waals surface area contributed by atoms with Gasteiger partial charge in [0.05, 0.1) is 0 Å². The number of nitrogens with zero attached hydrogens (tertiary/aromatic N) is 2. The van der Waals surface area contributed by atoms with Crippen molar-refractivity contribution in [1.82, 2.24) is 14.8 Å². The van der Waals surface area contributed by atoms with Crippen LogP contribution >= 0.6 is 11.8 Å². The fraction of sp³-hybridized carbons (Fsp3) is 0.308. The van der Waals surface area contributed by atoms with E-state index >= 15 is 0 Å². The van der Waals surface area contributed by atoms with E-state index in [1.54, 1.807) is 0 Å². The van der Waals surface area contributed by atoms with E-state index in [1.807, 2.05) is 13.8 Å². The Labute approximate surface area is 119 Å². The minimum atomic E-state index is -0.470. The van der Waals surface area contributed by atoms with Crippen LogP contribution in [0.1, 0.15) is 37.2 Å². The van der Waals surface area contributed by atoms with Crippen LogP contribution in [0.3, 0.4) is 0 Å². The number of H-pyrrole nitrogens is 1. The zero-order valence-electron chi connectivity index (χ0n) is 11.3. The molecule has 2 aromatic rings. The molecule has 0 amide bonds. The molecule has 7 heteroatoms. The van der Waals surface area contributed by atoms with E-state index in [2.05, 4.69) is 10.2 Å². The van der Waals surface area contributed by atoms with Gasteiger partial charge in [0.2, 0.25) is 0 Å². The van der Waals surface area contributed by atoms with Crippen molar-refractivity contribution < 1.29 is 9.18 Å². The van der Waals surface area contributed by atoms with E-state index in [4.69, 9.17) is 0 Å². The van der Waals surface area contributed by atoms with Crippen LogP contribution in [0, 0.1) is 5.82 Å². The van der Waals surface area contributed by atoms with E-state index < -0.39 is 5.82 Å². The summed E-state index contributed by atoms with van der Waals surface area (Å²) in [6.45, 7) is 5.09. The Morgan fingerprint density at radius 1 is 1.45 bits per heavy atom. The van der Waals surface area contributed by atoms with Gasteiger partial charge in [0.1, 0.15) is 5.82 Å². The number of rotatable bonds is 4. The molecule has 1 heterocycles. The summed E-state index contributed by atoms with van der Waals surface area (Å²) in [5.41, 5.74) is -0.0326. The Hall–Kier alpha value is -1.89. The highest BCUT2D eigenvalue weighted by molar-refractivity contribution is 7.99. The number of aromatic amines is 1. The molecule has 106 valence electrons. The van der Waals surface area contributed by atoms with Crippen molar-refractivity contribution >= 4 is 17.5 Å². The average molecular weight is 295 g/mol. The zero-order chi connectivity index (χ0) is 14.9. The van der Waals surface area contributed by atoms with Crippen molar-refractivity contribution in [3.8, 4) is 0 Å². The van der Waals surface area contributed by atoms with Gasteiger partial charge < -0.3 is 0 Å². The second-order valence-corrected chi connectivity index (χ2v) is 5.58. The number of halogens is 1. The van der Waals surface area contributed by atoms with Crippen molar-refractivity contribution in [2.75, 3.05) is 0 Å². The summed E-state index contributed by atoms with van der Waals surface area (Å²) in [7, 11) is 0. The predicted octanol–water partition coefficient (Wildman–Crippen LogP) is 2.65. The first kappa shape index (κ1) is 14.5. The molecule has 5 nitrogen and oxygen atoms in total. The van der Waals surface area contributed by atoms with Gasteiger partial charge in [-0.15, -0.1) is 5.10 Å². The van der Waals surface area contributed by atoms with Crippen LogP contribution in [0.25, 0.3) is 0 Å². The third-order valence-corrected chi connectivity index (χ3v) is 3.76. The number of aromatic nitrogens is 3. The Morgan fingerprint density at radius 2 is 2.15 bits per heavy atom. The number of carbonyl (C=O) groups is 1. The molecule has 0 aliphatic heterocycles. The number of hydrogen-bond donors (Lipinski definition) is 1. The highest BCUT2D eigenvalue weighted by Gasteiger charge is 2.16. The molecule has 0 bridgehead atoms. The summed E-state index contributed by atoms with van der Waals surface area (Å²) < 4.78 is 14.7. The molecule has 1 aromatic carbocycles. The van der Waals surface area contributed by atoms with Crippen LogP contribution in [-0.2, 0) is 0 Å². The molecule has 0 aliphatic rings. The SMILES string of the molecule is CC(=O)c1cc(F)ccc1Sc1n[nH]c(=O)n1C(C)C. The largest absolute Gasteiger partial charge is 0.344 e. The summed E-state index contributed by atoms with van der Waals surface area (Å²) in [6.07, 6.45) is 0. The fourth-order valence-electron chi connectivity index (χ4n) is 1.78. The minimum absolute atomic E-state index is 0.0648. The second kappa shape index (κ2) is 5.62. The number of hydrogen-bond acceptors (Lipinski definition) is 4. The molecule has 1 aromatic heterocycles. The summed E-state index contributed by atoms with van der Waals surface area (Å²) in [4.78, 5) is 23.8. The maximum Gasteiger partial charge on any atom is 0.344 e. The smallest absolute Gasteiger partial charge is 0.294 e. The summed E-state index contributed by atoms with van der Waals surface area (Å²) >= 11 is 1.16. The highest BCUT2D eigenvalue weighted by atomic mass is 32.2. The van der Waals surface area contributed by atoms with Gasteiger partial charge in [0, 0.05) is 16.5 Å². The molecule has 0 fully saturated rings. The van der Waals surface area contributed by atoms with Crippen molar-refractivity contribution in [2.45, 2.75) is 36.9 Å². The zero-order valence-corrected chi connectivity index (χ0v) is 12.1. The van der Waals surface area contributed by atoms with Crippen LogP contribution in [-0.4, -0.2) is 20.5 Å². The van der Waals surface area contributed by atoms with E-state index in [1.165, 1.54) is 29.7 Å². The third-order valence-electron chi connectivity index (χ3n) is 2.71. The molecule has 0 unspecified atom stereocenters. The van der Waals surface area contributed by atoms with Gasteiger partial charge in [0.25, 0.3) is 0 Å². The number of carbonyl (C=O) groups excluding carboxylic acids is 1. The van der Waals surface area contributed by atoms with Gasteiger partial charge in [-0.3, -0.25) is 9.36 Å². The first-order valence-electron chi connectivity index (χ1n) is 6.05. The van der Waals surface area contributed by atoms with Crippen molar-refractivity contribution in [3.05, 3.63) is 40.1 Å². The lowest BCUT2D eigenvalue weighted by molar-refractivity contribution is 0.101. The van der Waals surface area contributed by atoms with Crippen LogP contribution in [0.15, 0.2) is 33.0 Å². The molecular formula is C13H14FN3O2S. The Bertz CT molecular complexity index is 706. The number of ketones is 1. The minimum Gasteiger partial charge on any atom is -0.294 e. The molecular weight excluding hydrogens is 281 g/mol. The molecule has 0 radical (unpaired) electrons. The van der Waals surface area contributed by atoms with Crippen LogP contribution in [0.2, 0.25) is 0 Å². The first-order chi connectivity index (χ1) is 9.40. The number of benzene rings is 1. The average Bonchev–Trinajstić information content (AvgIpc) is 2.72. The molecule has 0 saturated carbocycles. The van der Waals surface area contributed by atoms with Crippen molar-refractivity contribution in [1.29, 1.82) is 0 Å². The highest BCUT2D eigenvalue weighted by Crippen LogP contribution is 2.30. The number of nitrogens with one attached hydrogen (secondary N) is 1. The van der Waals surface area contributed by atoms with Crippen LogP contribution in [0.4, 0.5) is 4.39 Å². The lowest BCUT2D eigenvalue weighted by Gasteiger charge is -2.10. The maximum atomic E-state index is 13.2. The molecule has 0 atom stereocenters. The normalized spacial score (nSPS) is 11.1. The van der Waals surface area contributed by atoms with Gasteiger partial charge in [-0.2, -0.15) is 0 Å². The quantitative estimate of drug-likeness (QED) is 0.880. The molecule has 0 spiro atoms. The molecule has 2 rings (SSSR count). The molecule has 0 saturated heterocycles. The summed E-state index contributed by atoms with van der Waals surface area (Å²) in [6, 6.07) is 3.92. The van der Waals surface area contributed by atoms with Crippen LogP contribution < -0.4 is 5.69 Å². The predicted molar refractivity (Wildman–Crippen MR) is 73.8 cm³/mol. The van der Waals surface area contributed by atoms with Gasteiger partial charge in [-0.25, -0.2) is 14.3 Å². The van der Waals surface area contributed by atoms with E-state index in [-0.39, 0.29) is 23.1 Å². The Morgan fingerprint density at radius 3 is 2.75 bits per heavy atom. The third kappa shape index (κ3) is 2.82. The summed E-state index contributed by atoms with van der Waals surface area (Å²) in [5.74, 6) is -0.705. The number of Topliss-reactive ketones (excluding diaryl/α,β-unsaturated/α-hetero) is 1. The lowest BCUT2D eigenvalue weighted by atomic mass is 10.1. The van der Waals surface area contributed by atoms with Gasteiger partial charge >= 0.3 is 5.69 Å². The summed E-state index contributed by atoms with van der Waals surface area (Å²) in [5, 5.41) is 6.76. The second-order valence-electron chi connectivity index (χ2n) is 4.57. The lowest BCUT2D eigenvalue weighted by Crippen LogP contribution is -2.19. The maximum absolute atomic E-state index is 13.2. The van der Waals surface area contributed by atoms with E-state index in [0.717, 1.165) is 11.8 Å². The molecule has 0 aliphatic carbocycles. The van der Waals surface area contributed by atoms with Gasteiger partial charge in [-0.05, 0) is 50.7 Å². The fourth-order valence-corrected chi connectivity index (χ4v) is 2.91. The van der Waals surface area contributed by atoms with E-state index in [0.29, 0.717) is 10.1 Å². The monoisotopic (exact) mass is 295 g/mol. The topological polar surface area (TPSA) is 67.8 Å². The van der Waals surface area contributed by atoms with E-state index in [9.17, 15) is 14.0 Å². The van der Waals surface area contributed by atoms with Gasteiger partial charge in [-0.1, -0.05) is 0 Å². The van der Waals surface area contributed by atoms with Crippen molar-refractivity contribution in [3.63, 3.8) is 0 Å². The first-order valence-corrected chi connectivity index (χ1v) is 6.87. The Balaban J connectivity index is 2.45. The molecule has 20 heavy (non-hydrogen) atoms. The Kier molecular flexibility index (Phi) is 4.08. The van der Waals surface area contributed by atoms with Crippen molar-refractivity contribution in [2.24, 2.45) is 0 Å². The molecule has 1 N–H and O–H groups in total. The van der Waals surface area contributed by atoms with Gasteiger partial charge in [0.15, 0.2) is 10.9 Å².